The maximum absolute atomic E-state index is 13.2. The van der Waals surface area contributed by atoms with Crippen molar-refractivity contribution < 1.29 is 43.0 Å². The molecule has 226 valence electrons. The molecule has 1 aliphatic heterocycles. The van der Waals surface area contributed by atoms with Gasteiger partial charge in [-0.2, -0.15) is 0 Å². The summed E-state index contributed by atoms with van der Waals surface area (Å²) in [6.07, 6.45) is 1.02. The van der Waals surface area contributed by atoms with Crippen LogP contribution in [0.3, 0.4) is 0 Å². The molecule has 14 heteroatoms. The van der Waals surface area contributed by atoms with Gasteiger partial charge in [-0.3, -0.25) is 24.0 Å². The topological polar surface area (TPSA) is 157 Å². The molecule has 0 spiro atoms. The van der Waals surface area contributed by atoms with E-state index in [1.807, 2.05) is 0 Å². The summed E-state index contributed by atoms with van der Waals surface area (Å²) in [6.45, 7) is -0.00726. The number of amides is 3. The zero-order valence-corrected chi connectivity index (χ0v) is 25.2. The number of hydrogen-bond donors (Lipinski definition) is 2. The molecule has 2 aromatic carbocycles. The Morgan fingerprint density at radius 3 is 2.30 bits per heavy atom. The first-order chi connectivity index (χ1) is 20.5. The molecule has 3 rings (SSSR count). The Bertz CT molecular complexity index is 1460. The maximum atomic E-state index is 13.2. The fourth-order valence-corrected chi connectivity index (χ4v) is 4.97. The van der Waals surface area contributed by atoms with Crippen molar-refractivity contribution in [2.24, 2.45) is 0 Å². The number of hydrogen-bond acceptors (Lipinski definition) is 11. The number of thiocarbonyl (C=S) groups is 1. The van der Waals surface area contributed by atoms with Crippen LogP contribution in [0.2, 0.25) is 0 Å². The predicted octanol–water partition coefficient (Wildman–Crippen LogP) is 2.50. The Labute approximate surface area is 257 Å². The standard InChI is InChI=1S/C29H29N3O9S2/c1-39-24(34)12-11-21(28(38)41-3)30-26(36)19-6-4-5-18(13-19)16-32(23(33)15-25(35)40-2)20-9-7-17(8-10-20)14-22-27(37)31-29(42)43-22/h4-10,13-14,21H,11-12,15-16H2,1-3H3,(H,30,36)(H,31,37,42)/b22-14-/t21-/m1/s1. The first-order valence-electron chi connectivity index (χ1n) is 12.8. The molecule has 1 aliphatic rings. The molecule has 2 aromatic rings. The summed E-state index contributed by atoms with van der Waals surface area (Å²) in [5.74, 6) is -3.41. The minimum absolute atomic E-state index is 0.00726. The Morgan fingerprint density at radius 1 is 1.00 bits per heavy atom. The van der Waals surface area contributed by atoms with Crippen LogP contribution in [0.15, 0.2) is 53.4 Å². The number of carbonyl (C=O) groups excluding carboxylic acids is 6. The van der Waals surface area contributed by atoms with Gasteiger partial charge in [0.1, 0.15) is 16.8 Å². The van der Waals surface area contributed by atoms with Crippen molar-refractivity contribution in [2.75, 3.05) is 26.2 Å². The molecule has 43 heavy (non-hydrogen) atoms. The van der Waals surface area contributed by atoms with Crippen molar-refractivity contribution in [3.63, 3.8) is 0 Å². The molecule has 1 heterocycles. The zero-order chi connectivity index (χ0) is 31.5. The van der Waals surface area contributed by atoms with Gasteiger partial charge in [-0.05, 0) is 47.9 Å². The van der Waals surface area contributed by atoms with Crippen molar-refractivity contribution >= 4 is 75.7 Å². The number of methoxy groups -OCH3 is 3. The molecule has 3 amide bonds. The van der Waals surface area contributed by atoms with E-state index in [9.17, 15) is 28.8 Å². The van der Waals surface area contributed by atoms with Crippen molar-refractivity contribution in [1.29, 1.82) is 0 Å². The molecule has 0 unspecified atom stereocenters. The Kier molecular flexibility index (Phi) is 12.0. The lowest BCUT2D eigenvalue weighted by molar-refractivity contribution is -0.145. The second-order valence-corrected chi connectivity index (χ2v) is 10.8. The number of nitrogens with one attached hydrogen (secondary N) is 2. The summed E-state index contributed by atoms with van der Waals surface area (Å²) in [7, 11) is 3.57. The normalized spacial score (nSPS) is 14.0. The molecule has 1 fully saturated rings. The van der Waals surface area contributed by atoms with E-state index in [2.05, 4.69) is 20.1 Å². The quantitative estimate of drug-likeness (QED) is 0.117. The van der Waals surface area contributed by atoms with Gasteiger partial charge in [0, 0.05) is 17.7 Å². The number of thioether (sulfide) groups is 1. The fraction of sp³-hybridized carbons (Fsp3) is 0.276. The molecular weight excluding hydrogens is 598 g/mol. The smallest absolute Gasteiger partial charge is 0.328 e. The van der Waals surface area contributed by atoms with Crippen LogP contribution in [0.25, 0.3) is 6.08 Å². The fourth-order valence-electron chi connectivity index (χ4n) is 3.93. The molecule has 0 saturated carbocycles. The van der Waals surface area contributed by atoms with E-state index in [0.717, 1.165) is 11.8 Å². The van der Waals surface area contributed by atoms with E-state index in [-0.39, 0.29) is 30.9 Å². The number of nitrogens with zero attached hydrogens (tertiary/aromatic N) is 1. The van der Waals surface area contributed by atoms with Crippen LogP contribution in [0.1, 0.15) is 40.7 Å². The summed E-state index contributed by atoms with van der Waals surface area (Å²) in [5, 5.41) is 5.11. The molecule has 12 nitrogen and oxygen atoms in total. The Balaban J connectivity index is 1.83. The van der Waals surface area contributed by atoms with Crippen molar-refractivity contribution in [3.05, 3.63) is 70.1 Å². The summed E-state index contributed by atoms with van der Waals surface area (Å²) < 4.78 is 14.4. The van der Waals surface area contributed by atoms with Gasteiger partial charge in [-0.1, -0.05) is 48.2 Å². The van der Waals surface area contributed by atoms with Gasteiger partial charge >= 0.3 is 17.9 Å². The first-order valence-corrected chi connectivity index (χ1v) is 14.0. The molecule has 1 atom stereocenters. The molecule has 2 N–H and O–H groups in total. The van der Waals surface area contributed by atoms with Crippen LogP contribution in [-0.2, 0) is 44.7 Å². The lowest BCUT2D eigenvalue weighted by atomic mass is 10.1. The van der Waals surface area contributed by atoms with E-state index in [1.165, 1.54) is 32.3 Å². The van der Waals surface area contributed by atoms with Crippen LogP contribution in [0.5, 0.6) is 0 Å². The highest BCUT2D eigenvalue weighted by Gasteiger charge is 2.25. The lowest BCUT2D eigenvalue weighted by Gasteiger charge is -2.23. The van der Waals surface area contributed by atoms with Crippen LogP contribution in [0, 0.1) is 0 Å². The number of rotatable bonds is 12. The third kappa shape index (κ3) is 9.48. The van der Waals surface area contributed by atoms with E-state index in [0.29, 0.717) is 26.0 Å². The summed E-state index contributed by atoms with van der Waals surface area (Å²) in [6, 6.07) is 12.0. The third-order valence-electron chi connectivity index (χ3n) is 6.15. The largest absolute Gasteiger partial charge is 0.469 e. The highest BCUT2D eigenvalue weighted by molar-refractivity contribution is 8.26. The van der Waals surface area contributed by atoms with E-state index < -0.39 is 42.2 Å². The molecule has 0 aromatic heterocycles. The van der Waals surface area contributed by atoms with Crippen LogP contribution in [-0.4, -0.2) is 67.3 Å². The predicted molar refractivity (Wildman–Crippen MR) is 162 cm³/mol. The minimum atomic E-state index is -1.09. The number of anilines is 1. The Morgan fingerprint density at radius 2 is 1.70 bits per heavy atom. The number of carbonyl (C=O) groups is 6. The highest BCUT2D eigenvalue weighted by atomic mass is 32.2. The van der Waals surface area contributed by atoms with Crippen LogP contribution in [0.4, 0.5) is 5.69 Å². The van der Waals surface area contributed by atoms with Gasteiger partial charge in [0.15, 0.2) is 0 Å². The SMILES string of the molecule is COC(=O)CC[C@@H](NC(=O)c1cccc(CN(C(=O)CC(=O)OC)c2ccc(/C=C3\SC(=S)NC3=O)cc2)c1)C(=O)OC. The number of esters is 3. The monoisotopic (exact) mass is 627 g/mol. The molecule has 0 aliphatic carbocycles. The summed E-state index contributed by atoms with van der Waals surface area (Å²) in [5.41, 5.74) is 1.89. The second kappa shape index (κ2) is 15.6. The Hall–Kier alpha value is -4.56. The average molecular weight is 628 g/mol. The van der Waals surface area contributed by atoms with Gasteiger partial charge in [-0.15, -0.1) is 0 Å². The van der Waals surface area contributed by atoms with Gasteiger partial charge in [0.2, 0.25) is 5.91 Å². The molecule has 0 radical (unpaired) electrons. The molecule has 0 bridgehead atoms. The van der Waals surface area contributed by atoms with E-state index in [4.69, 9.17) is 17.0 Å². The minimum Gasteiger partial charge on any atom is -0.469 e. The second-order valence-electron chi connectivity index (χ2n) is 9.04. The third-order valence-corrected chi connectivity index (χ3v) is 7.32. The van der Waals surface area contributed by atoms with Crippen molar-refractivity contribution in [1.82, 2.24) is 10.6 Å². The molecular formula is C29H29N3O9S2. The lowest BCUT2D eigenvalue weighted by Crippen LogP contribution is -2.42. The van der Waals surface area contributed by atoms with Gasteiger partial charge < -0.3 is 29.7 Å². The van der Waals surface area contributed by atoms with Crippen molar-refractivity contribution in [2.45, 2.75) is 31.8 Å². The average Bonchev–Trinajstić information content (AvgIpc) is 3.33. The van der Waals surface area contributed by atoms with E-state index in [1.54, 1.807) is 48.5 Å². The maximum Gasteiger partial charge on any atom is 0.328 e. The first kappa shape index (κ1) is 32.9. The summed E-state index contributed by atoms with van der Waals surface area (Å²) >= 11 is 6.16. The van der Waals surface area contributed by atoms with Crippen molar-refractivity contribution in [3.8, 4) is 0 Å². The molecule has 1 saturated heterocycles. The number of benzene rings is 2. The zero-order valence-electron chi connectivity index (χ0n) is 23.5. The summed E-state index contributed by atoms with van der Waals surface area (Å²) in [4.78, 5) is 75.6. The van der Waals surface area contributed by atoms with Crippen LogP contribution >= 0.6 is 24.0 Å². The van der Waals surface area contributed by atoms with Gasteiger partial charge in [0.05, 0.1) is 32.8 Å². The van der Waals surface area contributed by atoms with Gasteiger partial charge in [0.25, 0.3) is 11.8 Å². The number of ether oxygens (including phenoxy) is 3. The highest BCUT2D eigenvalue weighted by Crippen LogP contribution is 2.27. The van der Waals surface area contributed by atoms with Crippen LogP contribution < -0.4 is 15.5 Å². The van der Waals surface area contributed by atoms with E-state index >= 15 is 0 Å². The van der Waals surface area contributed by atoms with Gasteiger partial charge in [-0.25, -0.2) is 4.79 Å².